The van der Waals surface area contributed by atoms with Gasteiger partial charge in [0.25, 0.3) is 5.91 Å². The summed E-state index contributed by atoms with van der Waals surface area (Å²) in [5.41, 5.74) is 5.97. The van der Waals surface area contributed by atoms with Crippen LogP contribution in [0.5, 0.6) is 0 Å². The molecule has 1 aliphatic rings. The van der Waals surface area contributed by atoms with E-state index in [0.717, 1.165) is 27.8 Å². The maximum Gasteiger partial charge on any atom is 0.271 e. The van der Waals surface area contributed by atoms with Crippen LogP contribution in [0, 0.1) is 12.7 Å². The minimum Gasteiger partial charge on any atom is -0.396 e. The van der Waals surface area contributed by atoms with Crippen LogP contribution in [0.3, 0.4) is 0 Å². The summed E-state index contributed by atoms with van der Waals surface area (Å²) in [4.78, 5) is 16.0. The molecule has 2 aromatic heterocycles. The molecule has 4 aromatic rings. The van der Waals surface area contributed by atoms with Gasteiger partial charge in [-0.25, -0.2) is 4.39 Å². The molecule has 0 unspecified atom stereocenters. The molecule has 35 heavy (non-hydrogen) atoms. The number of carbonyl (C=O) groups excluding carboxylic acids is 1. The summed E-state index contributed by atoms with van der Waals surface area (Å²) in [6.07, 6.45) is 2.98. The topological polar surface area (TPSA) is 57.0 Å². The van der Waals surface area contributed by atoms with E-state index in [1.807, 2.05) is 58.0 Å². The molecule has 0 saturated carbocycles. The predicted molar refractivity (Wildman–Crippen MR) is 136 cm³/mol. The van der Waals surface area contributed by atoms with Gasteiger partial charge in [0.1, 0.15) is 11.5 Å². The van der Waals surface area contributed by atoms with E-state index in [0.29, 0.717) is 43.7 Å². The lowest BCUT2D eigenvalue weighted by atomic mass is 9.93. The Kier molecular flexibility index (Phi) is 6.66. The Labute approximate surface area is 204 Å². The number of hydrogen-bond acceptors (Lipinski definition) is 3. The van der Waals surface area contributed by atoms with Crippen LogP contribution in [-0.4, -0.2) is 52.6 Å². The smallest absolute Gasteiger partial charge is 0.271 e. The SMILES string of the molecule is Cc1c(F)cccc1Cc1c(-c2ccccc2)c2ccccn2c1C(=O)N1CCN[C@@H](CCO)C1. The average molecular weight is 472 g/mol. The summed E-state index contributed by atoms with van der Waals surface area (Å²) in [6, 6.07) is 21.2. The highest BCUT2D eigenvalue weighted by atomic mass is 19.1. The van der Waals surface area contributed by atoms with Crippen molar-refractivity contribution in [3.63, 3.8) is 0 Å². The van der Waals surface area contributed by atoms with Gasteiger partial charge in [0.15, 0.2) is 0 Å². The number of carbonyl (C=O) groups is 1. The molecular weight excluding hydrogens is 441 g/mol. The van der Waals surface area contributed by atoms with Gasteiger partial charge in [-0.1, -0.05) is 48.5 Å². The Morgan fingerprint density at radius 1 is 1.09 bits per heavy atom. The van der Waals surface area contributed by atoms with Crippen molar-refractivity contribution in [2.45, 2.75) is 25.8 Å². The van der Waals surface area contributed by atoms with Gasteiger partial charge in [-0.15, -0.1) is 0 Å². The molecule has 0 radical (unpaired) electrons. The first-order valence-electron chi connectivity index (χ1n) is 12.1. The lowest BCUT2D eigenvalue weighted by Crippen LogP contribution is -2.53. The highest BCUT2D eigenvalue weighted by Crippen LogP contribution is 2.36. The van der Waals surface area contributed by atoms with Crippen molar-refractivity contribution in [2.75, 3.05) is 26.2 Å². The third-order valence-corrected chi connectivity index (χ3v) is 6.98. The summed E-state index contributed by atoms with van der Waals surface area (Å²) in [5.74, 6) is -0.281. The van der Waals surface area contributed by atoms with Gasteiger partial charge in [-0.05, 0) is 53.8 Å². The number of rotatable bonds is 6. The molecule has 180 valence electrons. The predicted octanol–water partition coefficient (Wildman–Crippen LogP) is 4.44. The van der Waals surface area contributed by atoms with Crippen LogP contribution in [0.2, 0.25) is 0 Å². The molecular formula is C29H30FN3O2. The van der Waals surface area contributed by atoms with Gasteiger partial charge in [0.05, 0.1) is 5.52 Å². The van der Waals surface area contributed by atoms with Gasteiger partial charge in [0.2, 0.25) is 0 Å². The first-order valence-corrected chi connectivity index (χ1v) is 12.1. The number of pyridine rings is 1. The number of piperazine rings is 1. The quantitative estimate of drug-likeness (QED) is 0.437. The molecule has 0 aliphatic carbocycles. The van der Waals surface area contributed by atoms with Crippen LogP contribution < -0.4 is 5.32 Å². The Bertz CT molecular complexity index is 1350. The monoisotopic (exact) mass is 471 g/mol. The Morgan fingerprint density at radius 3 is 2.69 bits per heavy atom. The molecule has 2 N–H and O–H groups in total. The second-order valence-electron chi connectivity index (χ2n) is 9.14. The number of aliphatic hydroxyl groups is 1. The van der Waals surface area contributed by atoms with Crippen LogP contribution in [0.4, 0.5) is 4.39 Å². The van der Waals surface area contributed by atoms with Crippen molar-refractivity contribution in [3.8, 4) is 11.1 Å². The summed E-state index contributed by atoms with van der Waals surface area (Å²) in [7, 11) is 0. The van der Waals surface area contributed by atoms with E-state index < -0.39 is 0 Å². The van der Waals surface area contributed by atoms with Gasteiger partial charge in [0, 0.05) is 50.5 Å². The zero-order valence-corrected chi connectivity index (χ0v) is 19.9. The fourth-order valence-corrected chi connectivity index (χ4v) is 5.13. The molecule has 1 atom stereocenters. The third kappa shape index (κ3) is 4.47. The van der Waals surface area contributed by atoms with Crippen LogP contribution in [0.1, 0.15) is 33.6 Å². The summed E-state index contributed by atoms with van der Waals surface area (Å²) < 4.78 is 16.5. The van der Waals surface area contributed by atoms with Crippen molar-refractivity contribution in [1.82, 2.24) is 14.6 Å². The Hall–Kier alpha value is -3.48. The minimum absolute atomic E-state index is 0.0399. The molecule has 6 heteroatoms. The summed E-state index contributed by atoms with van der Waals surface area (Å²) in [6.45, 7) is 3.69. The molecule has 0 spiro atoms. The number of nitrogens with one attached hydrogen (secondary N) is 1. The first kappa shape index (κ1) is 23.3. The largest absolute Gasteiger partial charge is 0.396 e. The van der Waals surface area contributed by atoms with E-state index in [9.17, 15) is 14.3 Å². The van der Waals surface area contributed by atoms with Crippen molar-refractivity contribution in [3.05, 3.63) is 101 Å². The van der Waals surface area contributed by atoms with Crippen molar-refractivity contribution in [1.29, 1.82) is 0 Å². The van der Waals surface area contributed by atoms with E-state index >= 15 is 0 Å². The van der Waals surface area contributed by atoms with Crippen molar-refractivity contribution >= 4 is 11.4 Å². The van der Waals surface area contributed by atoms with Crippen LogP contribution in [-0.2, 0) is 6.42 Å². The molecule has 5 nitrogen and oxygen atoms in total. The van der Waals surface area contributed by atoms with Crippen molar-refractivity contribution < 1.29 is 14.3 Å². The third-order valence-electron chi connectivity index (χ3n) is 6.98. The molecule has 5 rings (SSSR count). The van der Waals surface area contributed by atoms with Gasteiger partial charge in [-0.3, -0.25) is 4.79 Å². The second-order valence-corrected chi connectivity index (χ2v) is 9.14. The van der Waals surface area contributed by atoms with E-state index in [-0.39, 0.29) is 24.4 Å². The maximum atomic E-state index is 14.5. The minimum atomic E-state index is -0.241. The van der Waals surface area contributed by atoms with E-state index in [4.69, 9.17) is 0 Å². The lowest BCUT2D eigenvalue weighted by molar-refractivity contribution is 0.0682. The molecule has 1 saturated heterocycles. The van der Waals surface area contributed by atoms with Crippen molar-refractivity contribution in [2.24, 2.45) is 0 Å². The number of benzene rings is 2. The number of nitrogens with zero attached hydrogens (tertiary/aromatic N) is 2. The Balaban J connectivity index is 1.70. The first-order chi connectivity index (χ1) is 17.1. The number of aromatic nitrogens is 1. The average Bonchev–Trinajstić information content (AvgIpc) is 3.21. The van der Waals surface area contributed by atoms with E-state index in [1.165, 1.54) is 6.07 Å². The highest BCUT2D eigenvalue weighted by Gasteiger charge is 2.30. The summed E-state index contributed by atoms with van der Waals surface area (Å²) >= 11 is 0. The normalized spacial score (nSPS) is 16.1. The number of halogens is 1. The molecule has 1 fully saturated rings. The standard InChI is InChI=1S/C29H30FN3O2/c1-20-22(10-7-11-25(20)30)18-24-27(21-8-3-2-4-9-21)26-12-5-6-15-33(26)28(24)29(35)32-16-14-31-23(19-32)13-17-34/h2-12,15,23,31,34H,13-14,16-19H2,1H3/t23-/m0/s1. The lowest BCUT2D eigenvalue weighted by Gasteiger charge is -2.33. The Morgan fingerprint density at radius 2 is 1.89 bits per heavy atom. The molecule has 1 amide bonds. The number of hydrogen-bond donors (Lipinski definition) is 2. The van der Waals surface area contributed by atoms with Gasteiger partial charge in [-0.2, -0.15) is 0 Å². The molecule has 1 aliphatic heterocycles. The second kappa shape index (κ2) is 10.0. The van der Waals surface area contributed by atoms with Crippen LogP contribution in [0.25, 0.3) is 16.6 Å². The molecule has 3 heterocycles. The zero-order valence-electron chi connectivity index (χ0n) is 19.9. The number of fused-ring (bicyclic) bond motifs is 1. The summed E-state index contributed by atoms with van der Waals surface area (Å²) in [5, 5.41) is 12.8. The molecule has 0 bridgehead atoms. The zero-order chi connectivity index (χ0) is 24.4. The fraction of sp³-hybridized carbons (Fsp3) is 0.276. The highest BCUT2D eigenvalue weighted by molar-refractivity contribution is 6.01. The number of amides is 1. The number of aliphatic hydroxyl groups excluding tert-OH is 1. The van der Waals surface area contributed by atoms with Crippen LogP contribution >= 0.6 is 0 Å². The fourth-order valence-electron chi connectivity index (χ4n) is 5.13. The van der Waals surface area contributed by atoms with E-state index in [1.54, 1.807) is 13.0 Å². The van der Waals surface area contributed by atoms with E-state index in [2.05, 4.69) is 17.4 Å². The van der Waals surface area contributed by atoms with Gasteiger partial charge < -0.3 is 19.7 Å². The molecule has 2 aromatic carbocycles. The maximum absolute atomic E-state index is 14.5. The van der Waals surface area contributed by atoms with Crippen LogP contribution in [0.15, 0.2) is 72.9 Å². The van der Waals surface area contributed by atoms with Gasteiger partial charge >= 0.3 is 0 Å².